The second-order valence-electron chi connectivity index (χ2n) is 2.03. The molecule has 0 spiro atoms. The van der Waals surface area contributed by atoms with Gasteiger partial charge in [-0.2, -0.15) is 0 Å². The van der Waals surface area contributed by atoms with E-state index in [2.05, 4.69) is 0 Å². The molecule has 5 nitrogen and oxygen atoms in total. The minimum atomic E-state index is -0.965. The zero-order valence-electron chi connectivity index (χ0n) is 6.30. The molecule has 0 atom stereocenters. The number of nitrogens with zero attached hydrogens (tertiary/aromatic N) is 1. The minimum absolute atomic E-state index is 0.132. The van der Waals surface area contributed by atoms with E-state index in [4.69, 9.17) is 5.11 Å². The van der Waals surface area contributed by atoms with Crippen LogP contribution in [-0.2, 0) is 4.79 Å². The monoisotopic (exact) mass is 267 g/mol. The van der Waals surface area contributed by atoms with Crippen molar-refractivity contribution >= 4 is 36.8 Å². The Balaban J connectivity index is 2.71. The second-order valence-corrected chi connectivity index (χ2v) is 4.92. The summed E-state index contributed by atoms with van der Waals surface area (Å²) in [5.74, 6) is -1.10. The fraction of sp³-hybridized carbons (Fsp3) is 0.167. The number of hydrogen-bond acceptors (Lipinski definition) is 4. The molecule has 0 fully saturated rings. The Kier molecular flexibility index (Phi) is 3.53. The topological polar surface area (TPSA) is 80.4 Å². The summed E-state index contributed by atoms with van der Waals surface area (Å²) < 4.78 is 0.152. The number of thioether (sulfide) groups is 1. The van der Waals surface area contributed by atoms with Gasteiger partial charge in [-0.05, 0) is 0 Å². The van der Waals surface area contributed by atoms with Gasteiger partial charge < -0.3 is 0 Å². The van der Waals surface area contributed by atoms with E-state index in [1.807, 2.05) is 0 Å². The first-order valence-electron chi connectivity index (χ1n) is 3.17. The SMILES string of the molecule is O=C(O)CSc1cc[se]c1[N+](=O)[O-]. The number of carboxylic acids is 1. The summed E-state index contributed by atoms with van der Waals surface area (Å²) in [5, 5.41) is 18.8. The molecule has 0 aliphatic rings. The molecule has 7 heteroatoms. The molecule has 0 aromatic carbocycles. The van der Waals surface area contributed by atoms with Gasteiger partial charge in [0.15, 0.2) is 0 Å². The molecule has 0 bridgehead atoms. The first-order chi connectivity index (χ1) is 6.11. The molecule has 0 amide bonds. The van der Waals surface area contributed by atoms with Crippen molar-refractivity contribution in [1.29, 1.82) is 0 Å². The van der Waals surface area contributed by atoms with Crippen molar-refractivity contribution in [2.24, 2.45) is 0 Å². The van der Waals surface area contributed by atoms with Gasteiger partial charge in [0.05, 0.1) is 0 Å². The van der Waals surface area contributed by atoms with E-state index in [0.717, 1.165) is 11.8 Å². The molecule has 0 unspecified atom stereocenters. The molecule has 70 valence electrons. The molecule has 1 heterocycles. The third-order valence-corrected chi connectivity index (χ3v) is 4.26. The Morgan fingerprint density at radius 2 is 2.46 bits per heavy atom. The van der Waals surface area contributed by atoms with E-state index < -0.39 is 10.9 Å². The van der Waals surface area contributed by atoms with Crippen molar-refractivity contribution in [2.45, 2.75) is 4.90 Å². The van der Waals surface area contributed by atoms with Crippen molar-refractivity contribution < 1.29 is 14.8 Å². The van der Waals surface area contributed by atoms with Crippen LogP contribution in [0.3, 0.4) is 0 Å². The molecule has 1 N–H and O–H groups in total. The second kappa shape index (κ2) is 4.45. The van der Waals surface area contributed by atoms with Gasteiger partial charge in [-0.25, -0.2) is 0 Å². The summed E-state index contributed by atoms with van der Waals surface area (Å²) >= 11 is 0.750. The van der Waals surface area contributed by atoms with Gasteiger partial charge >= 0.3 is 83.4 Å². The van der Waals surface area contributed by atoms with E-state index >= 15 is 0 Å². The van der Waals surface area contributed by atoms with E-state index in [0.29, 0.717) is 4.90 Å². The summed E-state index contributed by atoms with van der Waals surface area (Å²) in [5.41, 5.74) is 0. The maximum atomic E-state index is 10.4. The Morgan fingerprint density at radius 1 is 1.77 bits per heavy atom. The number of hydrogen-bond donors (Lipinski definition) is 1. The Hall–Kier alpha value is -0.781. The Labute approximate surface area is 83.7 Å². The fourth-order valence-electron chi connectivity index (χ4n) is 0.672. The van der Waals surface area contributed by atoms with Crippen LogP contribution in [-0.4, -0.2) is 36.3 Å². The maximum absolute atomic E-state index is 10.4. The van der Waals surface area contributed by atoms with Gasteiger partial charge in [-0.15, -0.1) is 0 Å². The number of carboxylic acid groups (broad SMARTS) is 1. The zero-order valence-corrected chi connectivity index (χ0v) is 8.83. The van der Waals surface area contributed by atoms with Crippen molar-refractivity contribution in [2.75, 3.05) is 5.75 Å². The van der Waals surface area contributed by atoms with Crippen molar-refractivity contribution in [3.63, 3.8) is 0 Å². The van der Waals surface area contributed by atoms with E-state index in [1.54, 1.807) is 11.0 Å². The van der Waals surface area contributed by atoms with E-state index in [1.165, 1.54) is 0 Å². The molecule has 1 rings (SSSR count). The molecule has 13 heavy (non-hydrogen) atoms. The number of rotatable bonds is 4. The van der Waals surface area contributed by atoms with E-state index in [-0.39, 0.29) is 24.8 Å². The molecule has 1 aromatic heterocycles. The fourth-order valence-corrected chi connectivity index (χ4v) is 3.39. The van der Waals surface area contributed by atoms with Gasteiger partial charge in [0.1, 0.15) is 0 Å². The molecule has 0 saturated heterocycles. The average Bonchev–Trinajstić information content (AvgIpc) is 2.47. The number of nitro groups is 1. The van der Waals surface area contributed by atoms with Crippen LogP contribution in [0.5, 0.6) is 0 Å². The third kappa shape index (κ3) is 2.87. The average molecular weight is 266 g/mol. The van der Waals surface area contributed by atoms with Gasteiger partial charge in [0.25, 0.3) is 0 Å². The van der Waals surface area contributed by atoms with Crippen LogP contribution in [0.15, 0.2) is 15.9 Å². The summed E-state index contributed by atoms with van der Waals surface area (Å²) in [4.78, 5) is 22.4. The van der Waals surface area contributed by atoms with Gasteiger partial charge in [0, 0.05) is 0 Å². The van der Waals surface area contributed by atoms with Crippen LogP contribution in [0.2, 0.25) is 0 Å². The van der Waals surface area contributed by atoms with Gasteiger partial charge in [-0.1, -0.05) is 0 Å². The number of carbonyl (C=O) groups is 1. The predicted molar refractivity (Wildman–Crippen MR) is 48.4 cm³/mol. The molecule has 1 aromatic rings. The van der Waals surface area contributed by atoms with Gasteiger partial charge in [-0.3, -0.25) is 0 Å². The van der Waals surface area contributed by atoms with Crippen molar-refractivity contribution in [3.8, 4) is 0 Å². The van der Waals surface area contributed by atoms with Crippen LogP contribution in [0.1, 0.15) is 0 Å². The summed E-state index contributed by atoms with van der Waals surface area (Å²) in [7, 11) is 0. The van der Waals surface area contributed by atoms with Crippen LogP contribution < -0.4 is 0 Å². The third-order valence-electron chi connectivity index (χ3n) is 1.13. The normalized spacial score (nSPS) is 9.85. The molecule has 0 saturated carbocycles. The van der Waals surface area contributed by atoms with Crippen LogP contribution in [0.25, 0.3) is 0 Å². The summed E-state index contributed by atoms with van der Waals surface area (Å²) in [6.07, 6.45) is 0. The standard InChI is InChI=1S/C6H5NO4SSe/c8-5(9)3-12-4-1-2-13-6(4)7(10)11/h1-2H,3H2,(H,8,9). The first-order valence-corrected chi connectivity index (χ1v) is 6.01. The van der Waals surface area contributed by atoms with Gasteiger partial charge in [0.2, 0.25) is 0 Å². The van der Waals surface area contributed by atoms with Crippen LogP contribution in [0.4, 0.5) is 4.56 Å². The molecule has 0 aliphatic heterocycles. The molecular formula is C6H5NO4SSe. The Morgan fingerprint density at radius 3 is 3.00 bits per heavy atom. The predicted octanol–water partition coefficient (Wildman–Crippen LogP) is 0.828. The summed E-state index contributed by atoms with van der Waals surface area (Å²) in [6.45, 7) is 0. The molecule has 0 radical (unpaired) electrons. The zero-order chi connectivity index (χ0) is 9.84. The molecular weight excluding hydrogens is 261 g/mol. The van der Waals surface area contributed by atoms with Crippen molar-refractivity contribution in [1.82, 2.24) is 0 Å². The Bertz CT molecular complexity index is 337. The van der Waals surface area contributed by atoms with Crippen molar-refractivity contribution in [3.05, 3.63) is 21.1 Å². The van der Waals surface area contributed by atoms with Crippen LogP contribution >= 0.6 is 11.8 Å². The molecule has 0 aliphatic carbocycles. The first kappa shape index (κ1) is 10.3. The summed E-state index contributed by atoms with van der Waals surface area (Å²) in [6, 6.07) is 1.62. The van der Waals surface area contributed by atoms with Crippen LogP contribution in [0, 0.1) is 10.1 Å². The number of aliphatic carboxylic acids is 1. The quantitative estimate of drug-likeness (QED) is 0.378. The van der Waals surface area contributed by atoms with E-state index in [9.17, 15) is 14.9 Å².